The molecule has 3 aromatic rings. The third kappa shape index (κ3) is 2.89. The molecule has 0 spiro atoms. The SMILES string of the molecule is O=C(Nc1cccc(-c2ccon2)c1)c1ccc(=O)[nH]c1. The van der Waals surface area contributed by atoms with Gasteiger partial charge in [-0.2, -0.15) is 0 Å². The number of pyridine rings is 1. The first-order valence-electron chi connectivity index (χ1n) is 6.23. The highest BCUT2D eigenvalue weighted by molar-refractivity contribution is 6.04. The number of H-pyrrole nitrogens is 1. The van der Waals surface area contributed by atoms with Crippen LogP contribution < -0.4 is 10.9 Å². The van der Waals surface area contributed by atoms with E-state index in [1.54, 1.807) is 18.2 Å². The zero-order valence-electron chi connectivity index (χ0n) is 10.9. The summed E-state index contributed by atoms with van der Waals surface area (Å²) >= 11 is 0. The molecule has 0 aliphatic rings. The van der Waals surface area contributed by atoms with Crippen LogP contribution in [0.2, 0.25) is 0 Å². The van der Waals surface area contributed by atoms with Gasteiger partial charge >= 0.3 is 0 Å². The van der Waals surface area contributed by atoms with E-state index in [9.17, 15) is 9.59 Å². The van der Waals surface area contributed by atoms with Crippen molar-refractivity contribution in [3.63, 3.8) is 0 Å². The molecule has 1 amide bonds. The molecular weight excluding hydrogens is 270 g/mol. The summed E-state index contributed by atoms with van der Waals surface area (Å²) in [6.45, 7) is 0. The number of aromatic amines is 1. The van der Waals surface area contributed by atoms with Crippen molar-refractivity contribution >= 4 is 11.6 Å². The van der Waals surface area contributed by atoms with E-state index in [1.807, 2.05) is 12.1 Å². The Balaban J connectivity index is 1.82. The van der Waals surface area contributed by atoms with Gasteiger partial charge in [0.1, 0.15) is 12.0 Å². The lowest BCUT2D eigenvalue weighted by Gasteiger charge is -2.06. The molecule has 3 rings (SSSR count). The summed E-state index contributed by atoms with van der Waals surface area (Å²) in [6.07, 6.45) is 2.86. The minimum absolute atomic E-state index is 0.250. The number of carbonyl (C=O) groups excluding carboxylic acids is 1. The van der Waals surface area contributed by atoms with E-state index in [-0.39, 0.29) is 11.5 Å². The summed E-state index contributed by atoms with van der Waals surface area (Å²) in [7, 11) is 0. The molecule has 0 radical (unpaired) electrons. The van der Waals surface area contributed by atoms with Crippen LogP contribution in [0.5, 0.6) is 0 Å². The molecule has 0 saturated heterocycles. The number of nitrogens with zero attached hydrogens (tertiary/aromatic N) is 1. The van der Waals surface area contributed by atoms with E-state index in [4.69, 9.17) is 4.52 Å². The predicted molar refractivity (Wildman–Crippen MR) is 77.0 cm³/mol. The van der Waals surface area contributed by atoms with Crippen LogP contribution in [0.15, 0.2) is 64.2 Å². The lowest BCUT2D eigenvalue weighted by atomic mass is 10.1. The lowest BCUT2D eigenvalue weighted by Crippen LogP contribution is -2.14. The standard InChI is InChI=1S/C15H11N3O3/c19-14-5-4-11(9-16-14)15(20)17-12-3-1-2-10(8-12)13-6-7-21-18-13/h1-9H,(H,16,19)(H,17,20). The van der Waals surface area contributed by atoms with E-state index in [1.165, 1.54) is 24.6 Å². The number of hydrogen-bond acceptors (Lipinski definition) is 4. The van der Waals surface area contributed by atoms with Crippen molar-refractivity contribution in [3.8, 4) is 11.3 Å². The van der Waals surface area contributed by atoms with Gasteiger partial charge in [0.15, 0.2) is 0 Å². The molecule has 0 atom stereocenters. The van der Waals surface area contributed by atoms with E-state index in [0.717, 1.165) is 5.56 Å². The molecule has 6 heteroatoms. The van der Waals surface area contributed by atoms with Crippen molar-refractivity contribution in [2.24, 2.45) is 0 Å². The third-order valence-electron chi connectivity index (χ3n) is 2.90. The summed E-state index contributed by atoms with van der Waals surface area (Å²) in [5, 5.41) is 6.61. The number of benzene rings is 1. The number of aromatic nitrogens is 2. The largest absolute Gasteiger partial charge is 0.364 e. The Labute approximate surface area is 119 Å². The minimum Gasteiger partial charge on any atom is -0.364 e. The Morgan fingerprint density at radius 3 is 2.81 bits per heavy atom. The highest BCUT2D eigenvalue weighted by Crippen LogP contribution is 2.21. The summed E-state index contributed by atoms with van der Waals surface area (Å²) in [6, 6.07) is 11.8. The number of amides is 1. The van der Waals surface area contributed by atoms with Gasteiger partial charge in [0.05, 0.1) is 5.56 Å². The molecule has 1 aromatic carbocycles. The van der Waals surface area contributed by atoms with Gasteiger partial charge < -0.3 is 14.8 Å². The molecule has 0 fully saturated rings. The average molecular weight is 281 g/mol. The first-order valence-corrected chi connectivity index (χ1v) is 6.23. The van der Waals surface area contributed by atoms with Gasteiger partial charge in [-0.15, -0.1) is 0 Å². The van der Waals surface area contributed by atoms with Crippen LogP contribution >= 0.6 is 0 Å². The van der Waals surface area contributed by atoms with Crippen LogP contribution in [0.25, 0.3) is 11.3 Å². The van der Waals surface area contributed by atoms with Gasteiger partial charge in [-0.25, -0.2) is 0 Å². The zero-order chi connectivity index (χ0) is 14.7. The van der Waals surface area contributed by atoms with Crippen molar-refractivity contribution in [1.29, 1.82) is 0 Å². The molecule has 0 unspecified atom stereocenters. The van der Waals surface area contributed by atoms with Crippen molar-refractivity contribution in [2.45, 2.75) is 0 Å². The van der Waals surface area contributed by atoms with Gasteiger partial charge in [0, 0.05) is 29.6 Å². The minimum atomic E-state index is -0.302. The fourth-order valence-corrected chi connectivity index (χ4v) is 1.87. The van der Waals surface area contributed by atoms with Crippen LogP contribution in [-0.4, -0.2) is 16.0 Å². The summed E-state index contributed by atoms with van der Waals surface area (Å²) < 4.78 is 4.80. The number of carbonyl (C=O) groups is 1. The summed E-state index contributed by atoms with van der Waals surface area (Å²) in [5.74, 6) is -0.302. The number of hydrogen-bond donors (Lipinski definition) is 2. The summed E-state index contributed by atoms with van der Waals surface area (Å²) in [5.41, 5.74) is 2.28. The Morgan fingerprint density at radius 1 is 1.19 bits per heavy atom. The molecule has 21 heavy (non-hydrogen) atoms. The van der Waals surface area contributed by atoms with E-state index >= 15 is 0 Å². The molecule has 2 heterocycles. The summed E-state index contributed by atoms with van der Waals surface area (Å²) in [4.78, 5) is 25.5. The average Bonchev–Trinajstić information content (AvgIpc) is 3.02. The molecule has 0 aliphatic heterocycles. The molecule has 2 N–H and O–H groups in total. The molecule has 0 saturated carbocycles. The quantitative estimate of drug-likeness (QED) is 0.771. The third-order valence-corrected chi connectivity index (χ3v) is 2.90. The van der Waals surface area contributed by atoms with E-state index in [0.29, 0.717) is 16.9 Å². The lowest BCUT2D eigenvalue weighted by molar-refractivity contribution is 0.102. The molecule has 2 aromatic heterocycles. The Kier molecular flexibility index (Phi) is 3.34. The van der Waals surface area contributed by atoms with Crippen molar-refractivity contribution in [1.82, 2.24) is 10.1 Å². The van der Waals surface area contributed by atoms with Crippen LogP contribution in [0, 0.1) is 0 Å². The normalized spacial score (nSPS) is 10.3. The second kappa shape index (κ2) is 5.46. The smallest absolute Gasteiger partial charge is 0.257 e. The van der Waals surface area contributed by atoms with Gasteiger partial charge in [0.25, 0.3) is 5.91 Å². The number of rotatable bonds is 3. The fourth-order valence-electron chi connectivity index (χ4n) is 1.87. The zero-order valence-corrected chi connectivity index (χ0v) is 10.9. The predicted octanol–water partition coefficient (Wildman–Crippen LogP) is 2.28. The van der Waals surface area contributed by atoms with E-state index in [2.05, 4.69) is 15.5 Å². The maximum Gasteiger partial charge on any atom is 0.257 e. The molecular formula is C15H11N3O3. The monoisotopic (exact) mass is 281 g/mol. The Morgan fingerprint density at radius 2 is 2.10 bits per heavy atom. The Bertz CT molecular complexity index is 802. The second-order valence-electron chi connectivity index (χ2n) is 4.36. The van der Waals surface area contributed by atoms with Crippen LogP contribution in [-0.2, 0) is 0 Å². The van der Waals surface area contributed by atoms with Crippen molar-refractivity contribution in [3.05, 3.63) is 70.8 Å². The Hall–Kier alpha value is -3.15. The highest BCUT2D eigenvalue weighted by Gasteiger charge is 2.07. The van der Waals surface area contributed by atoms with Gasteiger partial charge in [-0.1, -0.05) is 17.3 Å². The topological polar surface area (TPSA) is 88.0 Å². The molecule has 6 nitrogen and oxygen atoms in total. The van der Waals surface area contributed by atoms with Crippen LogP contribution in [0.1, 0.15) is 10.4 Å². The second-order valence-corrected chi connectivity index (χ2v) is 4.36. The van der Waals surface area contributed by atoms with Gasteiger partial charge in [0.2, 0.25) is 5.56 Å². The first-order chi connectivity index (χ1) is 10.2. The highest BCUT2D eigenvalue weighted by atomic mass is 16.5. The van der Waals surface area contributed by atoms with Crippen LogP contribution in [0.3, 0.4) is 0 Å². The number of anilines is 1. The fraction of sp³-hybridized carbons (Fsp3) is 0. The van der Waals surface area contributed by atoms with Crippen molar-refractivity contribution in [2.75, 3.05) is 5.32 Å². The van der Waals surface area contributed by atoms with Gasteiger partial charge in [-0.3, -0.25) is 9.59 Å². The maximum atomic E-state index is 12.1. The van der Waals surface area contributed by atoms with Crippen molar-refractivity contribution < 1.29 is 9.32 Å². The van der Waals surface area contributed by atoms with Crippen LogP contribution in [0.4, 0.5) is 5.69 Å². The number of nitrogens with one attached hydrogen (secondary N) is 2. The van der Waals surface area contributed by atoms with E-state index < -0.39 is 0 Å². The maximum absolute atomic E-state index is 12.1. The van der Waals surface area contributed by atoms with Gasteiger partial charge in [-0.05, 0) is 18.2 Å². The molecule has 0 bridgehead atoms. The first kappa shape index (κ1) is 12.9. The molecule has 0 aliphatic carbocycles. The molecule has 104 valence electrons.